The molecule has 2 aliphatic heterocycles. The van der Waals surface area contributed by atoms with E-state index in [2.05, 4.69) is 52.8 Å². The maximum atomic E-state index is 12.1. The third-order valence-corrected chi connectivity index (χ3v) is 5.45. The Kier molecular flexibility index (Phi) is 8.20. The van der Waals surface area contributed by atoms with Gasteiger partial charge in [-0.15, -0.1) is 12.4 Å². The summed E-state index contributed by atoms with van der Waals surface area (Å²) >= 11 is 0. The third-order valence-electron chi connectivity index (χ3n) is 5.45. The first-order valence-corrected chi connectivity index (χ1v) is 9.51. The highest BCUT2D eigenvalue weighted by molar-refractivity contribution is 5.85. The number of rotatable bonds is 6. The highest BCUT2D eigenvalue weighted by atomic mass is 35.5. The van der Waals surface area contributed by atoms with Crippen LogP contribution in [0.4, 0.5) is 0 Å². The molecule has 0 aliphatic carbocycles. The summed E-state index contributed by atoms with van der Waals surface area (Å²) in [5.41, 5.74) is 1.42. The van der Waals surface area contributed by atoms with Crippen LogP contribution in [-0.4, -0.2) is 49.6 Å². The lowest BCUT2D eigenvalue weighted by Crippen LogP contribution is -2.46. The van der Waals surface area contributed by atoms with Gasteiger partial charge in [-0.05, 0) is 56.2 Å². The summed E-state index contributed by atoms with van der Waals surface area (Å²) in [4.78, 5) is 14.7. The molecule has 2 heterocycles. The zero-order chi connectivity index (χ0) is 16.8. The number of amides is 1. The van der Waals surface area contributed by atoms with Gasteiger partial charge in [0.15, 0.2) is 0 Å². The van der Waals surface area contributed by atoms with Crippen LogP contribution in [0.3, 0.4) is 0 Å². The number of likely N-dealkylation sites (tertiary alicyclic amines) is 1. The number of nitrogens with one attached hydrogen (secondary N) is 2. The van der Waals surface area contributed by atoms with Gasteiger partial charge in [-0.25, -0.2) is 0 Å². The fraction of sp³-hybridized carbons (Fsp3) is 0.650. The van der Waals surface area contributed by atoms with Crippen LogP contribution >= 0.6 is 12.4 Å². The van der Waals surface area contributed by atoms with E-state index in [0.717, 1.165) is 39.0 Å². The van der Waals surface area contributed by atoms with Gasteiger partial charge in [0.25, 0.3) is 0 Å². The Morgan fingerprint density at radius 3 is 2.80 bits per heavy atom. The second kappa shape index (κ2) is 10.1. The van der Waals surface area contributed by atoms with Crippen molar-refractivity contribution < 1.29 is 4.79 Å². The van der Waals surface area contributed by atoms with Gasteiger partial charge in [-0.2, -0.15) is 0 Å². The zero-order valence-electron chi connectivity index (χ0n) is 15.2. The van der Waals surface area contributed by atoms with Crippen LogP contribution in [0.2, 0.25) is 0 Å². The van der Waals surface area contributed by atoms with Crippen molar-refractivity contribution in [1.82, 2.24) is 15.5 Å². The molecule has 5 heteroatoms. The Labute approximate surface area is 158 Å². The fourth-order valence-corrected chi connectivity index (χ4v) is 4.03. The van der Waals surface area contributed by atoms with Gasteiger partial charge in [-0.1, -0.05) is 37.3 Å². The Bertz CT molecular complexity index is 519. The van der Waals surface area contributed by atoms with Crippen LogP contribution in [0.25, 0.3) is 0 Å². The van der Waals surface area contributed by atoms with E-state index in [1.807, 2.05) is 0 Å². The predicted molar refractivity (Wildman–Crippen MR) is 105 cm³/mol. The van der Waals surface area contributed by atoms with E-state index in [9.17, 15) is 4.79 Å². The van der Waals surface area contributed by atoms with E-state index in [0.29, 0.717) is 11.8 Å². The molecule has 3 atom stereocenters. The Hall–Kier alpha value is -1.10. The Morgan fingerprint density at radius 2 is 2.08 bits per heavy atom. The number of hydrogen-bond acceptors (Lipinski definition) is 3. The summed E-state index contributed by atoms with van der Waals surface area (Å²) in [7, 11) is 0. The van der Waals surface area contributed by atoms with Crippen molar-refractivity contribution in [3.8, 4) is 0 Å². The monoisotopic (exact) mass is 365 g/mol. The van der Waals surface area contributed by atoms with Gasteiger partial charge in [-0.3, -0.25) is 4.79 Å². The maximum absolute atomic E-state index is 12.1. The molecule has 3 rings (SSSR count). The third kappa shape index (κ3) is 5.98. The first kappa shape index (κ1) is 20.2. The van der Waals surface area contributed by atoms with Gasteiger partial charge in [0.2, 0.25) is 5.91 Å². The average Bonchev–Trinajstić information content (AvgIpc) is 3.15. The molecule has 0 bridgehead atoms. The number of piperidine rings is 1. The molecular formula is C20H32ClN3O. The molecule has 1 amide bonds. The number of nitrogens with zero attached hydrogens (tertiary/aromatic N) is 1. The summed E-state index contributed by atoms with van der Waals surface area (Å²) in [6.07, 6.45) is 4.57. The number of carbonyl (C=O) groups is 1. The molecule has 0 spiro atoms. The molecular weight excluding hydrogens is 334 g/mol. The molecule has 1 aromatic carbocycles. The van der Waals surface area contributed by atoms with E-state index >= 15 is 0 Å². The molecule has 0 aromatic heterocycles. The van der Waals surface area contributed by atoms with Crippen molar-refractivity contribution in [3.63, 3.8) is 0 Å². The largest absolute Gasteiger partial charge is 0.354 e. The minimum Gasteiger partial charge on any atom is -0.354 e. The van der Waals surface area contributed by atoms with Crippen LogP contribution in [0.1, 0.15) is 44.1 Å². The summed E-state index contributed by atoms with van der Waals surface area (Å²) in [6, 6.07) is 10.8. The van der Waals surface area contributed by atoms with Gasteiger partial charge >= 0.3 is 0 Å². The van der Waals surface area contributed by atoms with Crippen LogP contribution in [0.15, 0.2) is 30.3 Å². The molecule has 4 nitrogen and oxygen atoms in total. The predicted octanol–water partition coefficient (Wildman–Crippen LogP) is 2.79. The molecule has 25 heavy (non-hydrogen) atoms. The van der Waals surface area contributed by atoms with Crippen LogP contribution < -0.4 is 10.6 Å². The van der Waals surface area contributed by atoms with E-state index in [4.69, 9.17) is 0 Å². The minimum absolute atomic E-state index is 0. The first-order valence-electron chi connectivity index (χ1n) is 9.51. The van der Waals surface area contributed by atoms with Gasteiger partial charge in [0.1, 0.15) is 0 Å². The lowest BCUT2D eigenvalue weighted by molar-refractivity contribution is -0.123. The number of halogens is 1. The molecule has 2 aliphatic rings. The van der Waals surface area contributed by atoms with Crippen molar-refractivity contribution in [2.24, 2.45) is 5.92 Å². The summed E-state index contributed by atoms with van der Waals surface area (Å²) in [5, 5.41) is 6.45. The maximum Gasteiger partial charge on any atom is 0.237 e. The molecule has 2 saturated heterocycles. The van der Waals surface area contributed by atoms with E-state index in [-0.39, 0.29) is 24.4 Å². The second-order valence-electron chi connectivity index (χ2n) is 7.47. The van der Waals surface area contributed by atoms with E-state index in [1.54, 1.807) is 0 Å². The molecule has 140 valence electrons. The summed E-state index contributed by atoms with van der Waals surface area (Å²) in [5.74, 6) is 1.34. The summed E-state index contributed by atoms with van der Waals surface area (Å²) in [6.45, 7) is 7.52. The van der Waals surface area contributed by atoms with Crippen molar-refractivity contribution in [2.45, 2.75) is 44.6 Å². The number of carbonyl (C=O) groups excluding carboxylic acids is 1. The second-order valence-corrected chi connectivity index (χ2v) is 7.47. The molecule has 2 N–H and O–H groups in total. The smallest absolute Gasteiger partial charge is 0.237 e. The van der Waals surface area contributed by atoms with Crippen molar-refractivity contribution in [1.29, 1.82) is 0 Å². The Balaban J connectivity index is 0.00000225. The molecule has 0 saturated carbocycles. The minimum atomic E-state index is 0. The fourth-order valence-electron chi connectivity index (χ4n) is 4.03. The van der Waals surface area contributed by atoms with Gasteiger partial charge in [0, 0.05) is 19.6 Å². The molecule has 0 radical (unpaired) electrons. The quantitative estimate of drug-likeness (QED) is 0.814. The number of benzene rings is 1. The van der Waals surface area contributed by atoms with Crippen molar-refractivity contribution in [3.05, 3.63) is 35.9 Å². The molecule has 1 aromatic rings. The first-order chi connectivity index (χ1) is 11.7. The summed E-state index contributed by atoms with van der Waals surface area (Å²) < 4.78 is 0. The lowest BCUT2D eigenvalue weighted by Gasteiger charge is -2.34. The van der Waals surface area contributed by atoms with Crippen LogP contribution in [0, 0.1) is 5.92 Å². The highest BCUT2D eigenvalue weighted by Crippen LogP contribution is 2.21. The van der Waals surface area contributed by atoms with E-state index < -0.39 is 0 Å². The van der Waals surface area contributed by atoms with E-state index in [1.165, 1.54) is 24.9 Å². The van der Waals surface area contributed by atoms with Crippen LogP contribution in [0.5, 0.6) is 0 Å². The lowest BCUT2D eigenvalue weighted by atomic mass is 9.95. The topological polar surface area (TPSA) is 44.4 Å². The highest BCUT2D eigenvalue weighted by Gasteiger charge is 2.25. The standard InChI is InChI=1S/C20H31N3O.ClH/c1-16(18-8-3-2-4-9-18)14-23-12-6-7-17(15-23)13-22-20(24)19-10-5-11-21-19;/h2-4,8-9,16-17,19,21H,5-7,10-15H2,1H3,(H,22,24);1H. The number of hydrogen-bond donors (Lipinski definition) is 2. The average molecular weight is 366 g/mol. The SMILES string of the molecule is CC(CN1CCCC(CNC(=O)C2CCCN2)C1)c1ccccc1.Cl. The molecule has 2 fully saturated rings. The van der Waals surface area contributed by atoms with Crippen LogP contribution in [-0.2, 0) is 4.79 Å². The van der Waals surface area contributed by atoms with Crippen molar-refractivity contribution >= 4 is 18.3 Å². The Morgan fingerprint density at radius 1 is 1.28 bits per heavy atom. The normalized spacial score (nSPS) is 25.2. The van der Waals surface area contributed by atoms with Gasteiger partial charge in [0.05, 0.1) is 6.04 Å². The zero-order valence-corrected chi connectivity index (χ0v) is 16.1. The van der Waals surface area contributed by atoms with Gasteiger partial charge < -0.3 is 15.5 Å². The molecule has 3 unspecified atom stereocenters. The van der Waals surface area contributed by atoms with Crippen molar-refractivity contribution in [2.75, 3.05) is 32.7 Å².